The Bertz CT molecular complexity index is 1160. The van der Waals surface area contributed by atoms with Crippen LogP contribution in [0.25, 0.3) is 0 Å². The second-order valence-corrected chi connectivity index (χ2v) is 9.57. The van der Waals surface area contributed by atoms with Gasteiger partial charge in [0.2, 0.25) is 5.91 Å². The van der Waals surface area contributed by atoms with Crippen LogP contribution in [0.4, 0.5) is 0 Å². The van der Waals surface area contributed by atoms with E-state index in [0.29, 0.717) is 24.6 Å². The molecule has 0 saturated heterocycles. The molecule has 5 heteroatoms. The maximum atomic E-state index is 13.9. The zero-order chi connectivity index (χ0) is 24.3. The highest BCUT2D eigenvalue weighted by Crippen LogP contribution is 2.48. The van der Waals surface area contributed by atoms with Crippen molar-refractivity contribution in [2.75, 3.05) is 6.54 Å². The van der Waals surface area contributed by atoms with E-state index in [2.05, 4.69) is 19.2 Å². The van der Waals surface area contributed by atoms with Crippen LogP contribution in [-0.2, 0) is 23.4 Å². The first kappa shape index (κ1) is 23.7. The highest BCUT2D eigenvalue weighted by atomic mass is 16.3. The monoisotopic (exact) mass is 456 g/mol. The van der Waals surface area contributed by atoms with Gasteiger partial charge in [-0.05, 0) is 41.2 Å². The molecule has 0 saturated carbocycles. The Labute approximate surface area is 201 Å². The van der Waals surface area contributed by atoms with Crippen LogP contribution in [0.2, 0.25) is 0 Å². The van der Waals surface area contributed by atoms with Crippen LogP contribution in [0.1, 0.15) is 59.4 Å². The predicted molar refractivity (Wildman–Crippen MR) is 133 cm³/mol. The summed E-state index contributed by atoms with van der Waals surface area (Å²) in [6, 6.07) is 24.3. The second kappa shape index (κ2) is 9.82. The molecular formula is C29H32N2O3. The molecule has 3 aromatic carbocycles. The van der Waals surface area contributed by atoms with E-state index < -0.39 is 11.5 Å². The van der Waals surface area contributed by atoms with Crippen molar-refractivity contribution >= 4 is 11.8 Å². The standard InChI is InChI=1S/C29H32N2O3/c1-20(2)17-30-28(34)29(3)25-12-8-7-11-24(25)27(33)31(18-21-9-5-4-6-10-21)26(29)23-15-13-22(19-32)14-16-23/h4-16,20,26,32H,17-19H2,1-3H3,(H,30,34)/t26-,29-/m0/s1. The summed E-state index contributed by atoms with van der Waals surface area (Å²) in [4.78, 5) is 29.6. The van der Waals surface area contributed by atoms with Gasteiger partial charge >= 0.3 is 0 Å². The normalized spacial score (nSPS) is 19.7. The molecule has 176 valence electrons. The van der Waals surface area contributed by atoms with Crippen molar-refractivity contribution in [3.63, 3.8) is 0 Å². The molecule has 2 atom stereocenters. The van der Waals surface area contributed by atoms with Crippen LogP contribution in [0.3, 0.4) is 0 Å². The van der Waals surface area contributed by atoms with Crippen molar-refractivity contribution < 1.29 is 14.7 Å². The number of nitrogens with zero attached hydrogens (tertiary/aromatic N) is 1. The largest absolute Gasteiger partial charge is 0.392 e. The van der Waals surface area contributed by atoms with Crippen LogP contribution in [0.5, 0.6) is 0 Å². The lowest BCUT2D eigenvalue weighted by atomic mass is 9.67. The molecule has 5 nitrogen and oxygen atoms in total. The van der Waals surface area contributed by atoms with Crippen LogP contribution in [0, 0.1) is 5.92 Å². The fourth-order valence-electron chi connectivity index (χ4n) is 4.84. The molecule has 3 aromatic rings. The number of carbonyl (C=O) groups excluding carboxylic acids is 2. The third-order valence-corrected chi connectivity index (χ3v) is 6.65. The van der Waals surface area contributed by atoms with E-state index >= 15 is 0 Å². The van der Waals surface area contributed by atoms with Crippen LogP contribution in [0.15, 0.2) is 78.9 Å². The minimum Gasteiger partial charge on any atom is -0.392 e. The molecule has 2 N–H and O–H groups in total. The van der Waals surface area contributed by atoms with E-state index in [0.717, 1.165) is 22.3 Å². The number of fused-ring (bicyclic) bond motifs is 1. The Morgan fingerprint density at radius 1 is 0.971 bits per heavy atom. The molecule has 0 aliphatic carbocycles. The Balaban J connectivity index is 1.91. The van der Waals surface area contributed by atoms with Gasteiger partial charge in [0.15, 0.2) is 0 Å². The Morgan fingerprint density at radius 3 is 2.26 bits per heavy atom. The van der Waals surface area contributed by atoms with Gasteiger partial charge in [-0.1, -0.05) is 86.6 Å². The quantitative estimate of drug-likeness (QED) is 0.546. The van der Waals surface area contributed by atoms with E-state index in [1.165, 1.54) is 0 Å². The molecule has 1 aliphatic rings. The molecule has 0 unspecified atom stereocenters. The molecule has 0 bridgehead atoms. The number of nitrogens with one attached hydrogen (secondary N) is 1. The Hall–Kier alpha value is -3.44. The predicted octanol–water partition coefficient (Wildman–Crippen LogP) is 4.61. The maximum Gasteiger partial charge on any atom is 0.255 e. The average Bonchev–Trinajstić information content (AvgIpc) is 2.86. The number of benzene rings is 3. The minimum absolute atomic E-state index is 0.0629. The summed E-state index contributed by atoms with van der Waals surface area (Å²) >= 11 is 0. The zero-order valence-corrected chi connectivity index (χ0v) is 20.0. The third kappa shape index (κ3) is 4.36. The highest BCUT2D eigenvalue weighted by molar-refractivity contribution is 6.03. The summed E-state index contributed by atoms with van der Waals surface area (Å²) in [6.45, 7) is 6.94. The fourth-order valence-corrected chi connectivity index (χ4v) is 4.84. The van der Waals surface area contributed by atoms with Crippen LogP contribution >= 0.6 is 0 Å². The van der Waals surface area contributed by atoms with Crippen molar-refractivity contribution in [1.29, 1.82) is 0 Å². The van der Waals surface area contributed by atoms with Crippen molar-refractivity contribution in [3.8, 4) is 0 Å². The summed E-state index contributed by atoms with van der Waals surface area (Å²) in [7, 11) is 0. The Kier molecular flexibility index (Phi) is 6.85. The van der Waals surface area contributed by atoms with Gasteiger partial charge in [0.25, 0.3) is 5.91 Å². The van der Waals surface area contributed by atoms with Gasteiger partial charge in [0.1, 0.15) is 0 Å². The van der Waals surface area contributed by atoms with E-state index in [1.807, 2.05) is 90.7 Å². The van der Waals surface area contributed by atoms with Crippen LogP contribution < -0.4 is 5.32 Å². The van der Waals surface area contributed by atoms with Gasteiger partial charge in [0.05, 0.1) is 18.1 Å². The third-order valence-electron chi connectivity index (χ3n) is 6.65. The van der Waals surface area contributed by atoms with E-state index in [4.69, 9.17) is 0 Å². The molecule has 1 heterocycles. The maximum absolute atomic E-state index is 13.9. The van der Waals surface area contributed by atoms with Gasteiger partial charge in [-0.3, -0.25) is 9.59 Å². The second-order valence-electron chi connectivity index (χ2n) is 9.57. The Morgan fingerprint density at radius 2 is 1.62 bits per heavy atom. The molecule has 0 aromatic heterocycles. The summed E-state index contributed by atoms with van der Waals surface area (Å²) in [5, 5.41) is 12.7. The topological polar surface area (TPSA) is 69.6 Å². The van der Waals surface area contributed by atoms with E-state index in [1.54, 1.807) is 0 Å². The lowest BCUT2D eigenvalue weighted by Gasteiger charge is -2.48. The van der Waals surface area contributed by atoms with Gasteiger partial charge in [-0.25, -0.2) is 0 Å². The lowest BCUT2D eigenvalue weighted by Crippen LogP contribution is -2.57. The zero-order valence-electron chi connectivity index (χ0n) is 20.0. The van der Waals surface area contributed by atoms with Gasteiger partial charge in [-0.2, -0.15) is 0 Å². The summed E-state index contributed by atoms with van der Waals surface area (Å²) in [5.41, 5.74) is 2.93. The smallest absolute Gasteiger partial charge is 0.255 e. The number of aliphatic hydroxyl groups is 1. The molecule has 4 rings (SSSR count). The number of hydrogen-bond donors (Lipinski definition) is 2. The number of amides is 2. The number of rotatable bonds is 7. The SMILES string of the molecule is CC(C)CNC(=O)[C@@]1(C)c2ccccc2C(=O)N(Cc2ccccc2)[C@H]1c1ccc(CO)cc1. The molecule has 2 amide bonds. The highest BCUT2D eigenvalue weighted by Gasteiger charge is 2.53. The van der Waals surface area contributed by atoms with E-state index in [-0.39, 0.29) is 18.4 Å². The molecule has 0 radical (unpaired) electrons. The van der Waals surface area contributed by atoms with Crippen molar-refractivity contribution in [3.05, 3.63) is 107 Å². The summed E-state index contributed by atoms with van der Waals surface area (Å²) in [5.74, 6) is 0.107. The van der Waals surface area contributed by atoms with Gasteiger partial charge in [0, 0.05) is 18.7 Å². The number of hydrogen-bond acceptors (Lipinski definition) is 3. The van der Waals surface area contributed by atoms with Crippen molar-refractivity contribution in [2.45, 2.75) is 45.4 Å². The van der Waals surface area contributed by atoms with E-state index in [9.17, 15) is 14.7 Å². The summed E-state index contributed by atoms with van der Waals surface area (Å²) in [6.07, 6.45) is 0. The molecular weight excluding hydrogens is 424 g/mol. The molecule has 0 spiro atoms. The first-order valence-corrected chi connectivity index (χ1v) is 11.8. The minimum atomic E-state index is -1.01. The fraction of sp³-hybridized carbons (Fsp3) is 0.310. The first-order chi connectivity index (χ1) is 16.4. The van der Waals surface area contributed by atoms with Crippen molar-refractivity contribution in [1.82, 2.24) is 10.2 Å². The first-order valence-electron chi connectivity index (χ1n) is 11.8. The lowest BCUT2D eigenvalue weighted by molar-refractivity contribution is -0.129. The average molecular weight is 457 g/mol. The van der Waals surface area contributed by atoms with Gasteiger partial charge < -0.3 is 15.3 Å². The molecule has 1 aliphatic heterocycles. The molecule has 0 fully saturated rings. The van der Waals surface area contributed by atoms with Crippen molar-refractivity contribution in [2.24, 2.45) is 5.92 Å². The number of aliphatic hydroxyl groups excluding tert-OH is 1. The summed E-state index contributed by atoms with van der Waals surface area (Å²) < 4.78 is 0. The van der Waals surface area contributed by atoms with Crippen LogP contribution in [-0.4, -0.2) is 28.4 Å². The molecule has 34 heavy (non-hydrogen) atoms. The number of carbonyl (C=O) groups is 2. The van der Waals surface area contributed by atoms with Gasteiger partial charge in [-0.15, -0.1) is 0 Å².